The fourth-order valence-corrected chi connectivity index (χ4v) is 6.18. The van der Waals surface area contributed by atoms with Gasteiger partial charge in [0.15, 0.2) is 0 Å². The Morgan fingerprint density at radius 2 is 1.79 bits per heavy atom. The van der Waals surface area contributed by atoms with Gasteiger partial charge in [-0.2, -0.15) is 13.2 Å². The molecule has 0 aliphatic rings. The highest BCUT2D eigenvalue weighted by Crippen LogP contribution is 2.47. The molecule has 1 aromatic heterocycles. The van der Waals surface area contributed by atoms with E-state index < -0.39 is 24.9 Å². The molecule has 1 atom stereocenters. The van der Waals surface area contributed by atoms with Gasteiger partial charge in [-0.3, -0.25) is 0 Å². The van der Waals surface area contributed by atoms with Crippen LogP contribution < -0.4 is 15.4 Å². The normalized spacial score (nSPS) is 13.2. The van der Waals surface area contributed by atoms with Crippen LogP contribution in [-0.2, 0) is 10.7 Å². The molecule has 5 nitrogen and oxygen atoms in total. The summed E-state index contributed by atoms with van der Waals surface area (Å²) in [5.74, 6) is 1.49. The van der Waals surface area contributed by atoms with E-state index in [4.69, 9.17) is 4.74 Å². The van der Waals surface area contributed by atoms with E-state index in [1.807, 2.05) is 13.8 Å². The van der Waals surface area contributed by atoms with E-state index in [-0.39, 0.29) is 5.56 Å². The Balaban J connectivity index is 2.15. The predicted molar refractivity (Wildman–Crippen MR) is 127 cm³/mol. The Morgan fingerprint density at radius 3 is 2.36 bits per heavy atom. The van der Waals surface area contributed by atoms with E-state index in [1.54, 1.807) is 32.0 Å². The van der Waals surface area contributed by atoms with Crippen LogP contribution in [0, 0.1) is 13.8 Å². The van der Waals surface area contributed by atoms with Crippen molar-refractivity contribution in [1.82, 2.24) is 9.97 Å². The Kier molecular flexibility index (Phi) is 7.08. The summed E-state index contributed by atoms with van der Waals surface area (Å²) >= 11 is 0. The Labute approximate surface area is 192 Å². The van der Waals surface area contributed by atoms with Crippen molar-refractivity contribution >= 4 is 29.2 Å². The first-order valence-corrected chi connectivity index (χ1v) is 12.9. The highest BCUT2D eigenvalue weighted by Gasteiger charge is 2.33. The number of hydrogen-bond donors (Lipinski definition) is 1. The van der Waals surface area contributed by atoms with Crippen LogP contribution in [0.25, 0.3) is 10.9 Å². The molecular weight excluding hydrogens is 450 g/mol. The van der Waals surface area contributed by atoms with Gasteiger partial charge in [-0.1, -0.05) is 26.0 Å². The van der Waals surface area contributed by atoms with Crippen LogP contribution >= 0.6 is 7.14 Å². The number of nitrogens with one attached hydrogen (secondary N) is 1. The average Bonchev–Trinajstić information content (AvgIpc) is 2.76. The third-order valence-electron chi connectivity index (χ3n) is 6.07. The molecule has 0 unspecified atom stereocenters. The van der Waals surface area contributed by atoms with Gasteiger partial charge >= 0.3 is 6.18 Å². The topological polar surface area (TPSA) is 64.1 Å². The van der Waals surface area contributed by atoms with Crippen LogP contribution in [0.4, 0.5) is 19.0 Å². The summed E-state index contributed by atoms with van der Waals surface area (Å²) in [6.45, 7) is 8.78. The van der Waals surface area contributed by atoms with E-state index >= 15 is 0 Å². The summed E-state index contributed by atoms with van der Waals surface area (Å²) in [6, 6.07) is 7.27. The number of aryl methyl sites for hydroxylation is 1. The second kappa shape index (κ2) is 9.34. The monoisotopic (exact) mass is 479 g/mol. The zero-order valence-electron chi connectivity index (χ0n) is 19.7. The molecule has 3 rings (SSSR count). The number of hydrogen-bond acceptors (Lipinski definition) is 5. The maximum Gasteiger partial charge on any atom is 0.416 e. The van der Waals surface area contributed by atoms with Gasteiger partial charge in [0.05, 0.1) is 29.5 Å². The van der Waals surface area contributed by atoms with Crippen molar-refractivity contribution < 1.29 is 22.5 Å². The Morgan fingerprint density at radius 1 is 1.12 bits per heavy atom. The third-order valence-corrected chi connectivity index (χ3v) is 9.34. The molecule has 1 heterocycles. The van der Waals surface area contributed by atoms with Crippen LogP contribution in [-0.4, -0.2) is 29.4 Å². The molecule has 0 radical (unpaired) electrons. The van der Waals surface area contributed by atoms with Crippen LogP contribution in [0.2, 0.25) is 0 Å². The number of halogens is 3. The number of fused-ring (bicyclic) bond motifs is 1. The summed E-state index contributed by atoms with van der Waals surface area (Å²) in [4.78, 5) is 9.02. The summed E-state index contributed by atoms with van der Waals surface area (Å²) in [7, 11) is -1.15. The maximum atomic E-state index is 13.5. The number of rotatable bonds is 7. The molecule has 0 saturated carbocycles. The van der Waals surface area contributed by atoms with Crippen molar-refractivity contribution in [3.63, 3.8) is 0 Å². The van der Waals surface area contributed by atoms with Crippen LogP contribution in [0.3, 0.4) is 0 Å². The molecule has 178 valence electrons. The largest absolute Gasteiger partial charge is 0.496 e. The lowest BCUT2D eigenvalue weighted by Crippen LogP contribution is -2.16. The van der Waals surface area contributed by atoms with Crippen LogP contribution in [0.15, 0.2) is 30.3 Å². The zero-order chi connectivity index (χ0) is 24.6. The third kappa shape index (κ3) is 4.86. The number of ether oxygens (including phenoxy) is 1. The molecule has 0 bridgehead atoms. The van der Waals surface area contributed by atoms with Gasteiger partial charge in [0.2, 0.25) is 0 Å². The number of aromatic nitrogens is 2. The average molecular weight is 479 g/mol. The summed E-state index contributed by atoms with van der Waals surface area (Å²) in [5, 5.41) is 4.54. The number of alkyl halides is 3. The van der Waals surface area contributed by atoms with Gasteiger partial charge in [-0.15, -0.1) is 0 Å². The first-order valence-electron chi connectivity index (χ1n) is 10.8. The molecule has 0 aliphatic carbocycles. The van der Waals surface area contributed by atoms with Gasteiger partial charge in [-0.05, 0) is 44.0 Å². The smallest absolute Gasteiger partial charge is 0.416 e. The molecule has 2 aromatic carbocycles. The molecule has 9 heteroatoms. The highest BCUT2D eigenvalue weighted by molar-refractivity contribution is 7.71. The van der Waals surface area contributed by atoms with Crippen LogP contribution in [0.1, 0.15) is 49.3 Å². The molecule has 0 aliphatic heterocycles. The minimum atomic E-state index is -4.43. The molecule has 3 aromatic rings. The summed E-state index contributed by atoms with van der Waals surface area (Å²) in [6.07, 6.45) is -3.45. The van der Waals surface area contributed by atoms with Gasteiger partial charge in [0, 0.05) is 23.8 Å². The van der Waals surface area contributed by atoms with Crippen molar-refractivity contribution in [3.05, 3.63) is 52.8 Å². The van der Waals surface area contributed by atoms with Crippen molar-refractivity contribution in [2.24, 2.45) is 0 Å². The standard InChI is InChI=1S/C24H29F3N3O2P/c1-7-33(31,8-2)22-12-18-20(13-21(22)32-6)29-16(5)30-23(18)28-15(4)17-10-9-11-19(14(17)3)24(25,26)27/h9-13,15H,7-8H2,1-6H3,(H,28,29,30)/t15-/m1/s1. The number of methoxy groups -OCH3 is 1. The highest BCUT2D eigenvalue weighted by atomic mass is 31.2. The summed E-state index contributed by atoms with van der Waals surface area (Å²) in [5.41, 5.74) is 0.647. The minimum absolute atomic E-state index is 0.170. The molecular formula is C24H29F3N3O2P. The van der Waals surface area contributed by atoms with Gasteiger partial charge < -0.3 is 14.6 Å². The SMILES string of the molecule is CCP(=O)(CC)c1cc2c(N[C@H](C)c3cccc(C(F)(F)F)c3C)nc(C)nc2cc1OC. The Hall–Kier alpha value is -2.60. The van der Waals surface area contributed by atoms with Crippen molar-refractivity contribution in [3.8, 4) is 5.75 Å². The van der Waals surface area contributed by atoms with E-state index in [1.165, 1.54) is 20.1 Å². The predicted octanol–water partition coefficient (Wildman–Crippen LogP) is 6.48. The first kappa shape index (κ1) is 25.0. The molecule has 0 fully saturated rings. The minimum Gasteiger partial charge on any atom is -0.496 e. The molecule has 33 heavy (non-hydrogen) atoms. The maximum absolute atomic E-state index is 13.5. The zero-order valence-corrected chi connectivity index (χ0v) is 20.6. The summed E-state index contributed by atoms with van der Waals surface area (Å²) < 4.78 is 59.2. The quantitative estimate of drug-likeness (QED) is 0.393. The molecule has 1 N–H and O–H groups in total. The lowest BCUT2D eigenvalue weighted by molar-refractivity contribution is -0.138. The number of anilines is 1. The lowest BCUT2D eigenvalue weighted by Gasteiger charge is -2.22. The second-order valence-electron chi connectivity index (χ2n) is 8.07. The van der Waals surface area contributed by atoms with E-state index in [9.17, 15) is 17.7 Å². The molecule has 0 spiro atoms. The van der Waals surface area contributed by atoms with Crippen molar-refractivity contribution in [1.29, 1.82) is 0 Å². The molecule has 0 amide bonds. The van der Waals surface area contributed by atoms with Gasteiger partial charge in [0.1, 0.15) is 24.5 Å². The van der Waals surface area contributed by atoms with Crippen LogP contribution in [0.5, 0.6) is 5.75 Å². The second-order valence-corrected chi connectivity index (χ2v) is 11.6. The Bertz CT molecular complexity index is 1220. The fraction of sp³-hybridized carbons (Fsp3) is 0.417. The molecule has 0 saturated heterocycles. The number of nitrogens with zero attached hydrogens (tertiary/aromatic N) is 2. The van der Waals surface area contributed by atoms with E-state index in [2.05, 4.69) is 15.3 Å². The first-order chi connectivity index (χ1) is 15.4. The van der Waals surface area contributed by atoms with Crippen molar-refractivity contribution in [2.45, 2.75) is 46.8 Å². The number of benzene rings is 2. The van der Waals surface area contributed by atoms with Gasteiger partial charge in [0.25, 0.3) is 0 Å². The van der Waals surface area contributed by atoms with E-state index in [0.29, 0.717) is 51.5 Å². The fourth-order valence-electron chi connectivity index (χ4n) is 4.13. The van der Waals surface area contributed by atoms with Crippen molar-refractivity contribution in [2.75, 3.05) is 24.8 Å². The van der Waals surface area contributed by atoms with E-state index in [0.717, 1.165) is 6.07 Å². The van der Waals surface area contributed by atoms with Gasteiger partial charge in [-0.25, -0.2) is 9.97 Å². The lowest BCUT2D eigenvalue weighted by atomic mass is 9.97.